The van der Waals surface area contributed by atoms with Crippen LogP contribution in [-0.2, 0) is 4.79 Å². The summed E-state index contributed by atoms with van der Waals surface area (Å²) >= 11 is 14.3. The van der Waals surface area contributed by atoms with Gasteiger partial charge in [-0.2, -0.15) is 0 Å². The van der Waals surface area contributed by atoms with Gasteiger partial charge in [-0.05, 0) is 30.3 Å². The molecule has 0 spiro atoms. The summed E-state index contributed by atoms with van der Waals surface area (Å²) in [6.07, 6.45) is 0. The minimum Gasteiger partial charge on any atom is -0.328 e. The van der Waals surface area contributed by atoms with E-state index in [1.165, 1.54) is 29.2 Å². The second-order valence-electron chi connectivity index (χ2n) is 4.94. The lowest BCUT2D eigenvalue weighted by molar-refractivity contribution is -0.113. The monoisotopic (exact) mass is 428 g/mol. The normalized spacial score (nSPS) is 10.6. The lowest BCUT2D eigenvalue weighted by atomic mass is 10.3. The second-order valence-corrected chi connectivity index (χ2v) is 7.98. The minimum absolute atomic E-state index is 0.122. The van der Waals surface area contributed by atoms with Crippen LogP contribution in [0.4, 0.5) is 20.9 Å². The zero-order valence-corrected chi connectivity index (χ0v) is 16.1. The smallest absolute Gasteiger partial charge is 0.234 e. The van der Waals surface area contributed by atoms with Crippen molar-refractivity contribution < 1.29 is 9.18 Å². The van der Waals surface area contributed by atoms with Gasteiger partial charge in [0.1, 0.15) is 5.82 Å². The molecule has 26 heavy (non-hydrogen) atoms. The molecule has 1 aromatic heterocycles. The summed E-state index contributed by atoms with van der Waals surface area (Å²) in [4.78, 5) is 12.0. The Morgan fingerprint density at radius 1 is 1.15 bits per heavy atom. The van der Waals surface area contributed by atoms with E-state index in [1.807, 2.05) is 0 Å². The first-order valence-corrected chi connectivity index (χ1v) is 9.80. The third kappa shape index (κ3) is 5.07. The number of hydrogen-bond donors (Lipinski definition) is 2. The molecule has 1 amide bonds. The van der Waals surface area contributed by atoms with Gasteiger partial charge in [-0.25, -0.2) is 4.39 Å². The Kier molecular flexibility index (Phi) is 6.31. The molecule has 0 aliphatic rings. The number of hydrogen-bond acceptors (Lipinski definition) is 6. The van der Waals surface area contributed by atoms with Crippen LogP contribution in [0.2, 0.25) is 10.0 Å². The fraction of sp³-hybridized carbons (Fsp3) is 0.0625. The zero-order chi connectivity index (χ0) is 18.5. The molecule has 0 radical (unpaired) electrons. The van der Waals surface area contributed by atoms with Gasteiger partial charge in [0.2, 0.25) is 11.0 Å². The van der Waals surface area contributed by atoms with E-state index in [1.54, 1.807) is 36.4 Å². The zero-order valence-electron chi connectivity index (χ0n) is 13.0. The van der Waals surface area contributed by atoms with E-state index in [2.05, 4.69) is 20.8 Å². The molecule has 3 aromatic rings. The first-order valence-electron chi connectivity index (χ1n) is 7.24. The predicted molar refractivity (Wildman–Crippen MR) is 105 cm³/mol. The molecule has 0 unspecified atom stereocenters. The lowest BCUT2D eigenvalue weighted by Gasteiger charge is -2.06. The number of aromatic nitrogens is 2. The summed E-state index contributed by atoms with van der Waals surface area (Å²) in [6, 6.07) is 11.1. The van der Waals surface area contributed by atoms with Crippen LogP contribution >= 0.6 is 46.3 Å². The topological polar surface area (TPSA) is 66.9 Å². The molecular weight excluding hydrogens is 418 g/mol. The van der Waals surface area contributed by atoms with Gasteiger partial charge < -0.3 is 10.6 Å². The van der Waals surface area contributed by atoms with Crippen LogP contribution in [0, 0.1) is 5.82 Å². The largest absolute Gasteiger partial charge is 0.328 e. The van der Waals surface area contributed by atoms with Crippen LogP contribution in [0.3, 0.4) is 0 Å². The van der Waals surface area contributed by atoms with E-state index in [9.17, 15) is 9.18 Å². The van der Waals surface area contributed by atoms with Crippen molar-refractivity contribution in [2.75, 3.05) is 16.4 Å². The molecule has 0 atom stereocenters. The molecule has 0 saturated heterocycles. The Morgan fingerprint density at radius 2 is 1.96 bits per heavy atom. The Hall–Kier alpha value is -1.87. The van der Waals surface area contributed by atoms with Gasteiger partial charge in [0.05, 0.1) is 22.2 Å². The van der Waals surface area contributed by atoms with E-state index >= 15 is 0 Å². The molecular formula is C16H11Cl2FN4OS2. The molecule has 2 N–H and O–H groups in total. The molecule has 0 aliphatic heterocycles. The fourth-order valence-electron chi connectivity index (χ4n) is 1.90. The number of nitrogens with zero attached hydrogens (tertiary/aromatic N) is 2. The van der Waals surface area contributed by atoms with Crippen molar-refractivity contribution >= 4 is 68.7 Å². The van der Waals surface area contributed by atoms with Gasteiger partial charge in [0.25, 0.3) is 0 Å². The van der Waals surface area contributed by atoms with Crippen molar-refractivity contribution in [2.24, 2.45) is 0 Å². The number of para-hydroxylation sites is 1. The van der Waals surface area contributed by atoms with Gasteiger partial charge in [0, 0.05) is 5.02 Å². The summed E-state index contributed by atoms with van der Waals surface area (Å²) in [5.41, 5.74) is 0.762. The molecule has 0 fully saturated rings. The van der Waals surface area contributed by atoms with E-state index in [-0.39, 0.29) is 17.5 Å². The fourth-order valence-corrected chi connectivity index (χ4v) is 3.80. The van der Waals surface area contributed by atoms with Crippen molar-refractivity contribution in [3.63, 3.8) is 0 Å². The van der Waals surface area contributed by atoms with Crippen molar-refractivity contribution in [1.29, 1.82) is 0 Å². The van der Waals surface area contributed by atoms with Gasteiger partial charge in [0.15, 0.2) is 4.34 Å². The van der Waals surface area contributed by atoms with Crippen LogP contribution < -0.4 is 10.6 Å². The highest BCUT2D eigenvalue weighted by Gasteiger charge is 2.11. The SMILES string of the molecule is O=C(CSc1nnc(Nc2ccccc2F)s1)Nc1cc(Cl)ccc1Cl. The van der Waals surface area contributed by atoms with Crippen LogP contribution in [0.1, 0.15) is 0 Å². The number of amides is 1. The Balaban J connectivity index is 1.55. The molecule has 1 heterocycles. The second kappa shape index (κ2) is 8.68. The van der Waals surface area contributed by atoms with Crippen molar-refractivity contribution in [1.82, 2.24) is 10.2 Å². The minimum atomic E-state index is -0.380. The maximum absolute atomic E-state index is 13.6. The molecule has 134 valence electrons. The maximum atomic E-state index is 13.6. The molecule has 0 bridgehead atoms. The third-order valence-electron chi connectivity index (χ3n) is 3.05. The first kappa shape index (κ1) is 18.9. The molecule has 0 aliphatic carbocycles. The summed E-state index contributed by atoms with van der Waals surface area (Å²) < 4.78 is 14.2. The molecule has 0 saturated carbocycles. The van der Waals surface area contributed by atoms with E-state index in [0.29, 0.717) is 30.9 Å². The van der Waals surface area contributed by atoms with Crippen LogP contribution in [-0.4, -0.2) is 21.9 Å². The highest BCUT2D eigenvalue weighted by atomic mass is 35.5. The summed E-state index contributed by atoms with van der Waals surface area (Å²) in [5.74, 6) is -0.510. The van der Waals surface area contributed by atoms with Gasteiger partial charge in [-0.1, -0.05) is 58.4 Å². The van der Waals surface area contributed by atoms with Gasteiger partial charge in [-0.3, -0.25) is 4.79 Å². The van der Waals surface area contributed by atoms with Gasteiger partial charge in [-0.15, -0.1) is 10.2 Å². The highest BCUT2D eigenvalue weighted by Crippen LogP contribution is 2.29. The molecule has 3 rings (SSSR count). The van der Waals surface area contributed by atoms with Gasteiger partial charge >= 0.3 is 0 Å². The average molecular weight is 429 g/mol. The third-order valence-corrected chi connectivity index (χ3v) is 5.59. The number of carbonyl (C=O) groups is 1. The molecule has 5 nitrogen and oxygen atoms in total. The average Bonchev–Trinajstić information content (AvgIpc) is 3.06. The molecule has 2 aromatic carbocycles. The van der Waals surface area contributed by atoms with Crippen LogP contribution in [0.25, 0.3) is 0 Å². The van der Waals surface area contributed by atoms with Crippen molar-refractivity contribution in [3.8, 4) is 0 Å². The Bertz CT molecular complexity index is 938. The first-order chi connectivity index (χ1) is 12.5. The number of rotatable bonds is 6. The van der Waals surface area contributed by atoms with E-state index < -0.39 is 0 Å². The number of anilines is 3. The number of benzene rings is 2. The van der Waals surface area contributed by atoms with Crippen LogP contribution in [0.15, 0.2) is 46.8 Å². The number of nitrogens with one attached hydrogen (secondary N) is 2. The number of halogens is 3. The summed E-state index contributed by atoms with van der Waals surface area (Å²) in [6.45, 7) is 0. The molecule has 10 heteroatoms. The Morgan fingerprint density at radius 3 is 2.77 bits per heavy atom. The van der Waals surface area contributed by atoms with Crippen molar-refractivity contribution in [2.45, 2.75) is 4.34 Å². The quantitative estimate of drug-likeness (QED) is 0.510. The van der Waals surface area contributed by atoms with Crippen LogP contribution in [0.5, 0.6) is 0 Å². The summed E-state index contributed by atoms with van der Waals surface area (Å²) in [5, 5.41) is 14.8. The van der Waals surface area contributed by atoms with E-state index in [0.717, 1.165) is 0 Å². The Labute approximate surface area is 166 Å². The van der Waals surface area contributed by atoms with E-state index in [4.69, 9.17) is 23.2 Å². The number of thioether (sulfide) groups is 1. The number of carbonyl (C=O) groups excluding carboxylic acids is 1. The highest BCUT2D eigenvalue weighted by molar-refractivity contribution is 8.01. The predicted octanol–water partition coefficient (Wildman–Crippen LogP) is 5.46. The lowest BCUT2D eigenvalue weighted by Crippen LogP contribution is -2.14. The standard InChI is InChI=1S/C16H11Cl2FN4OS2/c17-9-5-6-10(18)13(7-9)20-14(24)8-25-16-23-22-15(26-16)21-12-4-2-1-3-11(12)19/h1-7H,8H2,(H,20,24)(H,21,22). The summed E-state index contributed by atoms with van der Waals surface area (Å²) in [7, 11) is 0. The van der Waals surface area contributed by atoms with Crippen molar-refractivity contribution in [3.05, 3.63) is 58.3 Å². The maximum Gasteiger partial charge on any atom is 0.234 e.